The summed E-state index contributed by atoms with van der Waals surface area (Å²) in [7, 11) is -3.57. The summed E-state index contributed by atoms with van der Waals surface area (Å²) in [5, 5.41) is 1.75. The Kier molecular flexibility index (Phi) is 3.89. The van der Waals surface area contributed by atoms with Crippen molar-refractivity contribution in [2.45, 2.75) is 31.1 Å². The van der Waals surface area contributed by atoms with Gasteiger partial charge in [0.05, 0.1) is 5.69 Å². The first kappa shape index (κ1) is 13.3. The van der Waals surface area contributed by atoms with Crippen molar-refractivity contribution in [3.05, 3.63) is 23.8 Å². The molecule has 0 amide bonds. The minimum absolute atomic E-state index is 0.190. The lowest BCUT2D eigenvalue weighted by Gasteiger charge is -2.27. The standard InChI is InChI=1S/C12H19N3O2S/c1-10-6-5-7-11(13)12(10)18(16,17)14-15-8-3-2-4-9-15/h5-7,14H,2-4,8-9,13H2,1H3. The number of nitrogen functional groups attached to an aromatic ring is 1. The lowest BCUT2D eigenvalue weighted by molar-refractivity contribution is 0.200. The zero-order valence-electron chi connectivity index (χ0n) is 10.5. The van der Waals surface area contributed by atoms with Crippen molar-refractivity contribution in [1.82, 2.24) is 9.84 Å². The van der Waals surface area contributed by atoms with Crippen molar-refractivity contribution in [1.29, 1.82) is 0 Å². The van der Waals surface area contributed by atoms with Gasteiger partial charge in [-0.2, -0.15) is 0 Å². The van der Waals surface area contributed by atoms with E-state index in [4.69, 9.17) is 5.73 Å². The number of hydrazine groups is 1. The molecule has 2 rings (SSSR count). The Labute approximate surface area is 108 Å². The highest BCUT2D eigenvalue weighted by Crippen LogP contribution is 2.22. The molecule has 0 saturated carbocycles. The van der Waals surface area contributed by atoms with Crippen LogP contribution in [0, 0.1) is 6.92 Å². The molecule has 0 radical (unpaired) electrons. The van der Waals surface area contributed by atoms with Crippen LogP contribution in [-0.4, -0.2) is 26.5 Å². The molecule has 0 aromatic heterocycles. The fraction of sp³-hybridized carbons (Fsp3) is 0.500. The maximum atomic E-state index is 12.3. The fourth-order valence-electron chi connectivity index (χ4n) is 2.24. The number of benzene rings is 1. The van der Waals surface area contributed by atoms with Gasteiger partial charge in [0.1, 0.15) is 4.90 Å². The summed E-state index contributed by atoms with van der Waals surface area (Å²) < 4.78 is 24.6. The zero-order valence-corrected chi connectivity index (χ0v) is 11.3. The van der Waals surface area contributed by atoms with Crippen molar-refractivity contribution in [2.75, 3.05) is 18.8 Å². The molecule has 0 spiro atoms. The maximum absolute atomic E-state index is 12.3. The Hall–Kier alpha value is -1.11. The highest BCUT2D eigenvalue weighted by Gasteiger charge is 2.23. The molecule has 0 aliphatic carbocycles. The summed E-state index contributed by atoms with van der Waals surface area (Å²) in [5.74, 6) is 0. The van der Waals surface area contributed by atoms with E-state index in [0.717, 1.165) is 32.4 Å². The van der Waals surface area contributed by atoms with E-state index in [9.17, 15) is 8.42 Å². The number of anilines is 1. The fourth-order valence-corrected chi connectivity index (χ4v) is 3.73. The predicted octanol–water partition coefficient (Wildman–Crippen LogP) is 1.26. The first-order chi connectivity index (χ1) is 8.50. The van der Waals surface area contributed by atoms with Crippen molar-refractivity contribution < 1.29 is 8.42 Å². The Morgan fingerprint density at radius 1 is 1.22 bits per heavy atom. The van der Waals surface area contributed by atoms with Gasteiger partial charge in [-0.25, -0.2) is 13.4 Å². The third-order valence-corrected chi connectivity index (χ3v) is 4.71. The Morgan fingerprint density at radius 3 is 2.50 bits per heavy atom. The van der Waals surface area contributed by atoms with E-state index in [1.54, 1.807) is 30.1 Å². The van der Waals surface area contributed by atoms with Crippen LogP contribution in [0.3, 0.4) is 0 Å². The van der Waals surface area contributed by atoms with Crippen molar-refractivity contribution in [2.24, 2.45) is 0 Å². The van der Waals surface area contributed by atoms with Crippen LogP contribution in [0.15, 0.2) is 23.1 Å². The number of nitrogens with zero attached hydrogens (tertiary/aromatic N) is 1. The summed E-state index contributed by atoms with van der Waals surface area (Å²) in [6.45, 7) is 3.26. The lowest BCUT2D eigenvalue weighted by atomic mass is 10.2. The SMILES string of the molecule is Cc1cccc(N)c1S(=O)(=O)NN1CCCCC1. The molecule has 18 heavy (non-hydrogen) atoms. The molecular formula is C12H19N3O2S. The minimum atomic E-state index is -3.57. The van der Waals surface area contributed by atoms with Crippen LogP contribution in [0.25, 0.3) is 0 Å². The van der Waals surface area contributed by atoms with Crippen LogP contribution >= 0.6 is 0 Å². The van der Waals surface area contributed by atoms with Gasteiger partial charge in [0.25, 0.3) is 10.0 Å². The molecule has 0 bridgehead atoms. The Bertz CT molecular complexity index is 502. The van der Waals surface area contributed by atoms with E-state index in [0.29, 0.717) is 11.3 Å². The molecule has 0 atom stereocenters. The Morgan fingerprint density at radius 2 is 1.89 bits per heavy atom. The summed E-state index contributed by atoms with van der Waals surface area (Å²) in [4.78, 5) is 2.81. The third-order valence-electron chi connectivity index (χ3n) is 3.12. The van der Waals surface area contributed by atoms with Gasteiger partial charge in [0.15, 0.2) is 0 Å². The van der Waals surface area contributed by atoms with E-state index in [1.807, 2.05) is 0 Å². The molecular weight excluding hydrogens is 250 g/mol. The average molecular weight is 269 g/mol. The van der Waals surface area contributed by atoms with Crippen molar-refractivity contribution >= 4 is 15.7 Å². The van der Waals surface area contributed by atoms with Crippen molar-refractivity contribution in [3.63, 3.8) is 0 Å². The molecule has 1 saturated heterocycles. The number of hydrogen-bond donors (Lipinski definition) is 2. The van der Waals surface area contributed by atoms with Gasteiger partial charge in [-0.15, -0.1) is 4.83 Å². The van der Waals surface area contributed by atoms with Crippen LogP contribution in [0.4, 0.5) is 5.69 Å². The summed E-state index contributed by atoms with van der Waals surface area (Å²) >= 11 is 0. The van der Waals surface area contributed by atoms with E-state index < -0.39 is 10.0 Å². The summed E-state index contributed by atoms with van der Waals surface area (Å²) in [6.07, 6.45) is 3.20. The number of nitrogens with two attached hydrogens (primary N) is 1. The normalized spacial score (nSPS) is 17.8. The van der Waals surface area contributed by atoms with Gasteiger partial charge in [-0.3, -0.25) is 0 Å². The van der Waals surface area contributed by atoms with Gasteiger partial charge in [0.2, 0.25) is 0 Å². The molecule has 0 unspecified atom stereocenters. The highest BCUT2D eigenvalue weighted by atomic mass is 32.2. The van der Waals surface area contributed by atoms with Gasteiger partial charge >= 0.3 is 0 Å². The predicted molar refractivity (Wildman–Crippen MR) is 71.3 cm³/mol. The second kappa shape index (κ2) is 5.26. The zero-order chi connectivity index (χ0) is 13.2. The molecule has 5 nitrogen and oxygen atoms in total. The molecule has 1 aliphatic heterocycles. The quantitative estimate of drug-likeness (QED) is 0.810. The van der Waals surface area contributed by atoms with Crippen molar-refractivity contribution in [3.8, 4) is 0 Å². The molecule has 1 fully saturated rings. The lowest BCUT2D eigenvalue weighted by Crippen LogP contribution is -2.45. The molecule has 1 aromatic rings. The number of sulfonamides is 1. The molecule has 100 valence electrons. The highest BCUT2D eigenvalue weighted by molar-refractivity contribution is 7.89. The van der Waals surface area contributed by atoms with Crippen LogP contribution in [0.1, 0.15) is 24.8 Å². The topological polar surface area (TPSA) is 75.4 Å². The molecule has 1 aliphatic rings. The van der Waals surface area contributed by atoms with E-state index in [2.05, 4.69) is 4.83 Å². The first-order valence-electron chi connectivity index (χ1n) is 6.13. The molecule has 1 aromatic carbocycles. The monoisotopic (exact) mass is 269 g/mol. The number of aryl methyl sites for hydroxylation is 1. The van der Waals surface area contributed by atoms with E-state index in [1.165, 1.54) is 0 Å². The largest absolute Gasteiger partial charge is 0.398 e. The number of piperidine rings is 1. The number of rotatable bonds is 3. The van der Waals surface area contributed by atoms with Gasteiger partial charge in [0, 0.05) is 13.1 Å². The molecule has 1 heterocycles. The summed E-state index contributed by atoms with van der Waals surface area (Å²) in [6, 6.07) is 5.11. The van der Waals surface area contributed by atoms with Gasteiger partial charge in [-0.05, 0) is 31.4 Å². The van der Waals surface area contributed by atoms with Gasteiger partial charge < -0.3 is 5.73 Å². The number of nitrogens with one attached hydrogen (secondary N) is 1. The first-order valence-corrected chi connectivity index (χ1v) is 7.61. The van der Waals surface area contributed by atoms with Crippen LogP contribution in [0.5, 0.6) is 0 Å². The third kappa shape index (κ3) is 2.82. The average Bonchev–Trinajstić information content (AvgIpc) is 2.28. The van der Waals surface area contributed by atoms with Crippen LogP contribution < -0.4 is 10.6 Å². The molecule has 3 N–H and O–H groups in total. The summed E-state index contributed by atoms with van der Waals surface area (Å²) in [5.41, 5.74) is 6.73. The van der Waals surface area contributed by atoms with Gasteiger partial charge in [-0.1, -0.05) is 18.6 Å². The van der Waals surface area contributed by atoms with Crippen LogP contribution in [-0.2, 0) is 10.0 Å². The second-order valence-corrected chi connectivity index (χ2v) is 6.23. The smallest absolute Gasteiger partial charge is 0.255 e. The maximum Gasteiger partial charge on any atom is 0.255 e. The minimum Gasteiger partial charge on any atom is -0.398 e. The van der Waals surface area contributed by atoms with E-state index in [-0.39, 0.29) is 4.90 Å². The Balaban J connectivity index is 2.25. The molecule has 6 heteroatoms. The number of hydrogen-bond acceptors (Lipinski definition) is 4. The second-order valence-electron chi connectivity index (χ2n) is 4.64. The van der Waals surface area contributed by atoms with E-state index >= 15 is 0 Å². The van der Waals surface area contributed by atoms with Crippen LogP contribution in [0.2, 0.25) is 0 Å².